The maximum Gasteiger partial charge on any atom is 0.387 e. The molecule has 6 nitrogen and oxygen atoms in total. The summed E-state index contributed by atoms with van der Waals surface area (Å²) in [5.74, 6) is 0.837. The van der Waals surface area contributed by atoms with E-state index in [0.29, 0.717) is 26.2 Å². The molecule has 1 aromatic heterocycles. The van der Waals surface area contributed by atoms with Crippen LogP contribution >= 0.6 is 0 Å². The predicted octanol–water partition coefficient (Wildman–Crippen LogP) is 3.85. The number of furan rings is 1. The van der Waals surface area contributed by atoms with Crippen LogP contribution in [0.1, 0.15) is 30.7 Å². The van der Waals surface area contributed by atoms with Gasteiger partial charge < -0.3 is 24.5 Å². The van der Waals surface area contributed by atoms with Gasteiger partial charge in [-0.25, -0.2) is 4.79 Å². The topological polar surface area (TPSA) is 72.7 Å². The van der Waals surface area contributed by atoms with Gasteiger partial charge in [0, 0.05) is 13.2 Å². The van der Waals surface area contributed by atoms with Crippen molar-refractivity contribution in [2.75, 3.05) is 13.2 Å². The van der Waals surface area contributed by atoms with Crippen molar-refractivity contribution in [3.63, 3.8) is 0 Å². The highest BCUT2D eigenvalue weighted by atomic mass is 19.3. The SMILES string of the molecule is CC(NC(=O)NCCCOCc1ccco1)c1ccc(OC(F)F)cc1. The quantitative estimate of drug-likeness (QED) is 0.625. The smallest absolute Gasteiger partial charge is 0.387 e. The minimum absolute atomic E-state index is 0.0787. The zero-order valence-corrected chi connectivity index (χ0v) is 14.4. The summed E-state index contributed by atoms with van der Waals surface area (Å²) in [6.07, 6.45) is 2.26. The molecule has 0 spiro atoms. The summed E-state index contributed by atoms with van der Waals surface area (Å²) in [5.41, 5.74) is 0.781. The molecule has 0 aliphatic carbocycles. The maximum atomic E-state index is 12.1. The second-order valence-electron chi connectivity index (χ2n) is 5.55. The molecule has 2 rings (SSSR count). The molecule has 2 aromatic rings. The van der Waals surface area contributed by atoms with E-state index >= 15 is 0 Å². The van der Waals surface area contributed by atoms with E-state index in [9.17, 15) is 13.6 Å². The fourth-order valence-electron chi connectivity index (χ4n) is 2.21. The van der Waals surface area contributed by atoms with Gasteiger partial charge in [-0.2, -0.15) is 8.78 Å². The van der Waals surface area contributed by atoms with E-state index in [2.05, 4.69) is 15.4 Å². The van der Waals surface area contributed by atoms with Crippen LogP contribution < -0.4 is 15.4 Å². The molecule has 1 aromatic carbocycles. The summed E-state index contributed by atoms with van der Waals surface area (Å²) in [4.78, 5) is 11.9. The van der Waals surface area contributed by atoms with Crippen LogP contribution in [0.25, 0.3) is 0 Å². The molecule has 0 radical (unpaired) electrons. The monoisotopic (exact) mass is 368 g/mol. The number of benzene rings is 1. The Balaban J connectivity index is 1.60. The van der Waals surface area contributed by atoms with Crippen molar-refractivity contribution in [1.82, 2.24) is 10.6 Å². The number of carbonyl (C=O) groups is 1. The standard InChI is InChI=1S/C18H22F2N2O4/c1-13(14-5-7-15(8-6-14)26-17(19)20)22-18(23)21-9-3-10-24-12-16-4-2-11-25-16/h2,4-8,11,13,17H,3,9-10,12H2,1H3,(H2,21,22,23). The van der Waals surface area contributed by atoms with Gasteiger partial charge in [0.15, 0.2) is 0 Å². The lowest BCUT2D eigenvalue weighted by atomic mass is 10.1. The normalized spacial score (nSPS) is 12.0. The molecular weight excluding hydrogens is 346 g/mol. The summed E-state index contributed by atoms with van der Waals surface area (Å²) in [5, 5.41) is 5.51. The van der Waals surface area contributed by atoms with Gasteiger partial charge in [0.05, 0.1) is 12.3 Å². The number of rotatable bonds is 10. The third kappa shape index (κ3) is 7.10. The Morgan fingerprint density at radius 1 is 1.23 bits per heavy atom. The van der Waals surface area contributed by atoms with Crippen molar-refractivity contribution in [3.05, 3.63) is 54.0 Å². The lowest BCUT2D eigenvalue weighted by Gasteiger charge is -2.15. The number of hydrogen-bond acceptors (Lipinski definition) is 4. The fourth-order valence-corrected chi connectivity index (χ4v) is 2.21. The Labute approximate surface area is 150 Å². The zero-order chi connectivity index (χ0) is 18.8. The van der Waals surface area contributed by atoms with Gasteiger partial charge in [0.25, 0.3) is 0 Å². The average molecular weight is 368 g/mol. The third-order valence-electron chi connectivity index (χ3n) is 3.53. The fraction of sp³-hybridized carbons (Fsp3) is 0.389. The van der Waals surface area contributed by atoms with Gasteiger partial charge in [0.2, 0.25) is 0 Å². The second kappa shape index (κ2) is 10.4. The van der Waals surface area contributed by atoms with Crippen LogP contribution in [0.5, 0.6) is 5.75 Å². The van der Waals surface area contributed by atoms with E-state index in [0.717, 1.165) is 11.3 Å². The number of nitrogens with one attached hydrogen (secondary N) is 2. The molecule has 2 amide bonds. The van der Waals surface area contributed by atoms with Crippen LogP contribution in [0, 0.1) is 0 Å². The summed E-state index contributed by atoms with van der Waals surface area (Å²) < 4.78 is 39.1. The second-order valence-corrected chi connectivity index (χ2v) is 5.55. The van der Waals surface area contributed by atoms with Crippen LogP contribution in [0.2, 0.25) is 0 Å². The molecule has 0 saturated carbocycles. The Kier molecular flexibility index (Phi) is 7.88. The first-order valence-electron chi connectivity index (χ1n) is 8.24. The first-order chi connectivity index (χ1) is 12.5. The molecule has 1 heterocycles. The average Bonchev–Trinajstić information content (AvgIpc) is 3.11. The Bertz CT molecular complexity index is 648. The minimum atomic E-state index is -2.86. The van der Waals surface area contributed by atoms with Gasteiger partial charge >= 0.3 is 12.6 Å². The summed E-state index contributed by atoms with van der Waals surface area (Å²) in [7, 11) is 0. The molecule has 0 bridgehead atoms. The largest absolute Gasteiger partial charge is 0.467 e. The van der Waals surface area contributed by atoms with Gasteiger partial charge in [0.1, 0.15) is 18.1 Å². The highest BCUT2D eigenvalue weighted by Crippen LogP contribution is 2.19. The molecule has 8 heteroatoms. The Morgan fingerprint density at radius 3 is 2.65 bits per heavy atom. The molecule has 1 unspecified atom stereocenters. The number of hydrogen-bond donors (Lipinski definition) is 2. The number of halogens is 2. The van der Waals surface area contributed by atoms with Crippen LogP contribution in [-0.4, -0.2) is 25.8 Å². The molecule has 0 saturated heterocycles. The molecule has 0 fully saturated rings. The number of urea groups is 1. The molecule has 142 valence electrons. The predicted molar refractivity (Wildman–Crippen MR) is 91.0 cm³/mol. The first-order valence-corrected chi connectivity index (χ1v) is 8.24. The van der Waals surface area contributed by atoms with E-state index < -0.39 is 6.61 Å². The molecular formula is C18H22F2N2O4. The van der Waals surface area contributed by atoms with Crippen molar-refractivity contribution in [3.8, 4) is 5.75 Å². The highest BCUT2D eigenvalue weighted by Gasteiger charge is 2.10. The number of ether oxygens (including phenoxy) is 2. The highest BCUT2D eigenvalue weighted by molar-refractivity contribution is 5.74. The molecule has 0 aliphatic rings. The third-order valence-corrected chi connectivity index (χ3v) is 3.53. The van der Waals surface area contributed by atoms with E-state index in [1.807, 2.05) is 6.07 Å². The number of carbonyl (C=O) groups excluding carboxylic acids is 1. The number of amides is 2. The van der Waals surface area contributed by atoms with Crippen molar-refractivity contribution < 1.29 is 27.5 Å². The molecule has 1 atom stereocenters. The zero-order valence-electron chi connectivity index (χ0n) is 14.4. The van der Waals surface area contributed by atoms with Gasteiger partial charge in [-0.1, -0.05) is 12.1 Å². The molecule has 0 aliphatic heterocycles. The summed E-state index contributed by atoms with van der Waals surface area (Å²) in [6, 6.07) is 9.19. The lowest BCUT2D eigenvalue weighted by Crippen LogP contribution is -2.37. The Hall–Kier alpha value is -2.61. The van der Waals surface area contributed by atoms with Gasteiger partial charge in [-0.05, 0) is 43.2 Å². The van der Waals surface area contributed by atoms with E-state index in [1.54, 1.807) is 31.4 Å². The van der Waals surface area contributed by atoms with Gasteiger partial charge in [-0.3, -0.25) is 0 Å². The van der Waals surface area contributed by atoms with Crippen molar-refractivity contribution in [1.29, 1.82) is 0 Å². The van der Waals surface area contributed by atoms with Crippen molar-refractivity contribution in [2.45, 2.75) is 32.6 Å². The molecule has 26 heavy (non-hydrogen) atoms. The maximum absolute atomic E-state index is 12.1. The summed E-state index contributed by atoms with van der Waals surface area (Å²) >= 11 is 0. The van der Waals surface area contributed by atoms with E-state index in [1.165, 1.54) is 12.1 Å². The van der Waals surface area contributed by atoms with Gasteiger partial charge in [-0.15, -0.1) is 0 Å². The minimum Gasteiger partial charge on any atom is -0.467 e. The van der Waals surface area contributed by atoms with Crippen LogP contribution in [-0.2, 0) is 11.3 Å². The Morgan fingerprint density at radius 2 is 2.00 bits per heavy atom. The lowest BCUT2D eigenvalue weighted by molar-refractivity contribution is -0.0498. The van der Waals surface area contributed by atoms with E-state index in [4.69, 9.17) is 9.15 Å². The van der Waals surface area contributed by atoms with E-state index in [-0.39, 0.29) is 17.8 Å². The summed E-state index contributed by atoms with van der Waals surface area (Å²) in [6.45, 7) is 0.321. The first kappa shape index (κ1) is 19.7. The van der Waals surface area contributed by atoms with Crippen molar-refractivity contribution in [2.24, 2.45) is 0 Å². The van der Waals surface area contributed by atoms with Crippen LogP contribution in [0.15, 0.2) is 47.1 Å². The van der Waals surface area contributed by atoms with Crippen LogP contribution in [0.3, 0.4) is 0 Å². The molecule has 2 N–H and O–H groups in total. The number of alkyl halides is 2. The van der Waals surface area contributed by atoms with Crippen LogP contribution in [0.4, 0.5) is 13.6 Å². The van der Waals surface area contributed by atoms with Crippen molar-refractivity contribution >= 4 is 6.03 Å².